The normalized spacial score (nSPS) is 14.4. The Bertz CT molecular complexity index is 885. The SMILES string of the molecule is CCC(O)c1c(-c2ccc3c(c2)OCO3)nc2c(C)cccn12. The zero-order valence-corrected chi connectivity index (χ0v) is 13.1. The third-order valence-electron chi connectivity index (χ3n) is 4.23. The van der Waals surface area contributed by atoms with Crippen molar-refractivity contribution < 1.29 is 14.6 Å². The summed E-state index contributed by atoms with van der Waals surface area (Å²) in [6, 6.07) is 9.76. The number of aryl methyl sites for hydroxylation is 1. The summed E-state index contributed by atoms with van der Waals surface area (Å²) in [5.74, 6) is 1.46. The lowest BCUT2D eigenvalue weighted by molar-refractivity contribution is 0.168. The molecule has 0 bridgehead atoms. The van der Waals surface area contributed by atoms with E-state index in [1.54, 1.807) is 0 Å². The first-order chi connectivity index (χ1) is 11.2. The lowest BCUT2D eigenvalue weighted by atomic mass is 10.1. The number of aromatic nitrogens is 2. The molecule has 1 aliphatic heterocycles. The molecule has 2 aromatic heterocycles. The van der Waals surface area contributed by atoms with E-state index in [1.807, 2.05) is 54.8 Å². The number of aliphatic hydroxyl groups excluding tert-OH is 1. The van der Waals surface area contributed by atoms with Crippen LogP contribution in [0.1, 0.15) is 30.7 Å². The van der Waals surface area contributed by atoms with Gasteiger partial charge in [-0.05, 0) is 43.2 Å². The number of pyridine rings is 1. The van der Waals surface area contributed by atoms with Crippen molar-refractivity contribution in [2.75, 3.05) is 6.79 Å². The lowest BCUT2D eigenvalue weighted by Gasteiger charge is -2.11. The number of rotatable bonds is 3. The van der Waals surface area contributed by atoms with Gasteiger partial charge in [-0.2, -0.15) is 0 Å². The Morgan fingerprint density at radius 2 is 2.09 bits per heavy atom. The van der Waals surface area contributed by atoms with E-state index in [2.05, 4.69) is 0 Å². The van der Waals surface area contributed by atoms with Gasteiger partial charge in [0.05, 0.1) is 17.5 Å². The number of hydrogen-bond donors (Lipinski definition) is 1. The molecule has 5 heteroatoms. The van der Waals surface area contributed by atoms with Gasteiger partial charge in [-0.15, -0.1) is 0 Å². The fourth-order valence-corrected chi connectivity index (χ4v) is 2.99. The molecular formula is C18H18N2O3. The van der Waals surface area contributed by atoms with Crippen molar-refractivity contribution in [2.45, 2.75) is 26.4 Å². The zero-order valence-electron chi connectivity index (χ0n) is 13.1. The molecule has 0 aliphatic carbocycles. The van der Waals surface area contributed by atoms with Crippen molar-refractivity contribution in [3.8, 4) is 22.8 Å². The molecule has 4 rings (SSSR count). The number of nitrogens with zero attached hydrogens (tertiary/aromatic N) is 2. The van der Waals surface area contributed by atoms with Crippen molar-refractivity contribution in [3.63, 3.8) is 0 Å². The van der Waals surface area contributed by atoms with Crippen molar-refractivity contribution in [1.82, 2.24) is 9.38 Å². The van der Waals surface area contributed by atoms with Crippen LogP contribution in [0.25, 0.3) is 16.9 Å². The van der Waals surface area contributed by atoms with Crippen LogP contribution in [0.5, 0.6) is 11.5 Å². The van der Waals surface area contributed by atoms with Crippen molar-refractivity contribution in [1.29, 1.82) is 0 Å². The number of aliphatic hydroxyl groups is 1. The highest BCUT2D eigenvalue weighted by atomic mass is 16.7. The molecule has 3 aromatic rings. The summed E-state index contributed by atoms with van der Waals surface area (Å²) in [6.45, 7) is 4.23. The van der Waals surface area contributed by atoms with Gasteiger partial charge in [-0.1, -0.05) is 13.0 Å². The van der Waals surface area contributed by atoms with Gasteiger partial charge in [0.1, 0.15) is 5.65 Å². The molecule has 1 unspecified atom stereocenters. The van der Waals surface area contributed by atoms with Crippen LogP contribution >= 0.6 is 0 Å². The predicted molar refractivity (Wildman–Crippen MR) is 86.7 cm³/mol. The number of fused-ring (bicyclic) bond motifs is 2. The monoisotopic (exact) mass is 310 g/mol. The van der Waals surface area contributed by atoms with E-state index in [1.165, 1.54) is 0 Å². The summed E-state index contributed by atoms with van der Waals surface area (Å²) in [5, 5.41) is 10.5. The van der Waals surface area contributed by atoms with Crippen LogP contribution in [0.4, 0.5) is 0 Å². The maximum atomic E-state index is 10.5. The second kappa shape index (κ2) is 5.28. The molecule has 0 fully saturated rings. The summed E-state index contributed by atoms with van der Waals surface area (Å²) in [4.78, 5) is 4.78. The molecule has 1 atom stereocenters. The van der Waals surface area contributed by atoms with Crippen LogP contribution in [-0.2, 0) is 0 Å². The minimum atomic E-state index is -0.577. The fraction of sp³-hybridized carbons (Fsp3) is 0.278. The average molecular weight is 310 g/mol. The molecule has 0 radical (unpaired) electrons. The molecular weight excluding hydrogens is 292 g/mol. The lowest BCUT2D eigenvalue weighted by Crippen LogP contribution is -2.02. The zero-order chi connectivity index (χ0) is 16.0. The van der Waals surface area contributed by atoms with Crippen LogP contribution in [0.2, 0.25) is 0 Å². The van der Waals surface area contributed by atoms with Crippen molar-refractivity contribution in [2.24, 2.45) is 0 Å². The minimum Gasteiger partial charge on any atom is -0.454 e. The Morgan fingerprint density at radius 1 is 1.26 bits per heavy atom. The second-order valence-electron chi connectivity index (χ2n) is 5.72. The first-order valence-electron chi connectivity index (χ1n) is 7.74. The van der Waals surface area contributed by atoms with Crippen LogP contribution in [0.15, 0.2) is 36.5 Å². The Labute approximate surface area is 134 Å². The number of imidazole rings is 1. The minimum absolute atomic E-state index is 0.244. The number of hydrogen-bond acceptors (Lipinski definition) is 4. The van der Waals surface area contributed by atoms with E-state index < -0.39 is 6.10 Å². The highest BCUT2D eigenvalue weighted by molar-refractivity contribution is 5.71. The summed E-state index contributed by atoms with van der Waals surface area (Å²) in [5.41, 5.74) is 4.45. The molecule has 3 heterocycles. The smallest absolute Gasteiger partial charge is 0.231 e. The first-order valence-corrected chi connectivity index (χ1v) is 7.74. The molecule has 0 amide bonds. The van der Waals surface area contributed by atoms with E-state index in [4.69, 9.17) is 14.5 Å². The quantitative estimate of drug-likeness (QED) is 0.804. The number of ether oxygens (including phenoxy) is 2. The van der Waals surface area contributed by atoms with Crippen molar-refractivity contribution >= 4 is 5.65 Å². The van der Waals surface area contributed by atoms with Gasteiger partial charge in [-0.3, -0.25) is 0 Å². The third kappa shape index (κ3) is 2.16. The largest absolute Gasteiger partial charge is 0.454 e. The highest BCUT2D eigenvalue weighted by Gasteiger charge is 2.22. The second-order valence-corrected chi connectivity index (χ2v) is 5.72. The molecule has 0 spiro atoms. The van der Waals surface area contributed by atoms with Gasteiger partial charge >= 0.3 is 0 Å². The van der Waals surface area contributed by atoms with Crippen molar-refractivity contribution in [3.05, 3.63) is 47.8 Å². The summed E-state index contributed by atoms with van der Waals surface area (Å²) in [6.07, 6.45) is 1.99. The third-order valence-corrected chi connectivity index (χ3v) is 4.23. The van der Waals surface area contributed by atoms with E-state index in [-0.39, 0.29) is 6.79 Å². The number of benzene rings is 1. The summed E-state index contributed by atoms with van der Waals surface area (Å²) in [7, 11) is 0. The molecule has 5 nitrogen and oxygen atoms in total. The molecule has 1 N–H and O–H groups in total. The van der Waals surface area contributed by atoms with Crippen LogP contribution in [-0.4, -0.2) is 21.3 Å². The van der Waals surface area contributed by atoms with Gasteiger partial charge in [0.15, 0.2) is 11.5 Å². The molecule has 1 aliphatic rings. The average Bonchev–Trinajstić information content (AvgIpc) is 3.18. The maximum Gasteiger partial charge on any atom is 0.231 e. The summed E-state index contributed by atoms with van der Waals surface area (Å²) < 4.78 is 12.8. The fourth-order valence-electron chi connectivity index (χ4n) is 2.99. The first kappa shape index (κ1) is 14.1. The molecule has 0 saturated carbocycles. The van der Waals surface area contributed by atoms with Crippen LogP contribution in [0, 0.1) is 6.92 Å². The van der Waals surface area contributed by atoms with Crippen LogP contribution in [0.3, 0.4) is 0 Å². The molecule has 1 aromatic carbocycles. The van der Waals surface area contributed by atoms with E-state index in [0.717, 1.165) is 33.9 Å². The maximum absolute atomic E-state index is 10.5. The topological polar surface area (TPSA) is 56.0 Å². The van der Waals surface area contributed by atoms with Crippen LogP contribution < -0.4 is 9.47 Å². The van der Waals surface area contributed by atoms with Gasteiger partial charge in [0.25, 0.3) is 0 Å². The summed E-state index contributed by atoms with van der Waals surface area (Å²) >= 11 is 0. The highest BCUT2D eigenvalue weighted by Crippen LogP contribution is 2.38. The van der Waals surface area contributed by atoms with E-state index >= 15 is 0 Å². The van der Waals surface area contributed by atoms with E-state index in [0.29, 0.717) is 12.2 Å². The van der Waals surface area contributed by atoms with Gasteiger partial charge < -0.3 is 19.0 Å². The van der Waals surface area contributed by atoms with E-state index in [9.17, 15) is 5.11 Å². The standard InChI is InChI=1S/C18H18N2O3/c1-3-13(21)17-16(19-18-11(2)5-4-8-20(17)18)12-6-7-14-15(9-12)23-10-22-14/h4-9,13,21H,3,10H2,1-2H3. The Balaban J connectivity index is 1.97. The Morgan fingerprint density at radius 3 is 2.91 bits per heavy atom. The molecule has 0 saturated heterocycles. The Kier molecular flexibility index (Phi) is 3.23. The molecule has 23 heavy (non-hydrogen) atoms. The van der Waals surface area contributed by atoms with Gasteiger partial charge in [0.2, 0.25) is 6.79 Å². The predicted octanol–water partition coefficient (Wildman–Crippen LogP) is 3.48. The van der Waals surface area contributed by atoms with Gasteiger partial charge in [-0.25, -0.2) is 4.98 Å². The molecule has 118 valence electrons. The van der Waals surface area contributed by atoms with Gasteiger partial charge in [0, 0.05) is 11.8 Å². The Hall–Kier alpha value is -2.53.